The van der Waals surface area contributed by atoms with Gasteiger partial charge in [-0.3, -0.25) is 9.36 Å². The summed E-state index contributed by atoms with van der Waals surface area (Å²) in [5, 5.41) is 12.4. The van der Waals surface area contributed by atoms with E-state index in [1.165, 1.54) is 34.1 Å². The van der Waals surface area contributed by atoms with Gasteiger partial charge in [0.2, 0.25) is 0 Å². The highest BCUT2D eigenvalue weighted by atomic mass is 35.5. The number of nitriles is 1. The first-order valence-electron chi connectivity index (χ1n) is 13.7. The summed E-state index contributed by atoms with van der Waals surface area (Å²) in [6, 6.07) is 9.81. The maximum atomic E-state index is 14.3. The van der Waals surface area contributed by atoms with Crippen molar-refractivity contribution >= 4 is 49.7 Å². The lowest BCUT2D eigenvalue weighted by Crippen LogP contribution is -2.45. The van der Waals surface area contributed by atoms with Crippen LogP contribution in [-0.4, -0.2) is 64.3 Å². The van der Waals surface area contributed by atoms with Crippen molar-refractivity contribution in [2.45, 2.75) is 19.6 Å². The van der Waals surface area contributed by atoms with E-state index in [4.69, 9.17) is 16.3 Å². The Kier molecular flexibility index (Phi) is 7.91. The Labute approximate surface area is 258 Å². The predicted molar refractivity (Wildman–Crippen MR) is 164 cm³/mol. The lowest BCUT2D eigenvalue weighted by atomic mass is 10.00. The highest BCUT2D eigenvalue weighted by Crippen LogP contribution is 2.42. The van der Waals surface area contributed by atoms with Crippen molar-refractivity contribution < 1.29 is 17.9 Å². The van der Waals surface area contributed by atoms with Crippen LogP contribution in [0.15, 0.2) is 46.8 Å². The Morgan fingerprint density at radius 2 is 1.89 bits per heavy atom. The molecule has 0 unspecified atom stereocenters. The first-order chi connectivity index (χ1) is 21.1. The van der Waals surface area contributed by atoms with Crippen LogP contribution in [0.2, 0.25) is 5.02 Å². The van der Waals surface area contributed by atoms with Crippen LogP contribution in [-0.2, 0) is 12.7 Å². The van der Waals surface area contributed by atoms with E-state index >= 15 is 0 Å². The zero-order valence-corrected chi connectivity index (χ0v) is 25.2. The molecule has 2 aromatic carbocycles. The van der Waals surface area contributed by atoms with Gasteiger partial charge in [0, 0.05) is 36.8 Å². The van der Waals surface area contributed by atoms with Gasteiger partial charge in [-0.15, -0.1) is 11.3 Å². The summed E-state index contributed by atoms with van der Waals surface area (Å²) in [6.07, 6.45) is -3.28. The highest BCUT2D eigenvalue weighted by molar-refractivity contribution is 7.17. The minimum Gasteiger partial charge on any atom is -0.491 e. The number of alkyl halides is 3. The summed E-state index contributed by atoms with van der Waals surface area (Å²) >= 11 is 7.80. The summed E-state index contributed by atoms with van der Waals surface area (Å²) in [6.45, 7) is 3.21. The molecule has 1 fully saturated rings. The van der Waals surface area contributed by atoms with Gasteiger partial charge in [-0.25, -0.2) is 15.0 Å². The van der Waals surface area contributed by atoms with E-state index in [9.17, 15) is 23.2 Å². The van der Waals surface area contributed by atoms with Crippen LogP contribution in [0.5, 0.6) is 5.75 Å². The SMILES string of the molecule is Cc1nc2cc(C(F)(F)F)c(N3CCN(C)CC3)c(C#N)c2c(=O)n1CCOc1ccc(Cl)cc1-c1ncnc2ccsc12. The maximum absolute atomic E-state index is 14.3. The zero-order chi connectivity index (χ0) is 31.2. The first kappa shape index (κ1) is 29.8. The third-order valence-electron chi connectivity index (χ3n) is 7.66. The number of hydrogen-bond acceptors (Lipinski definition) is 9. The number of anilines is 1. The third kappa shape index (κ3) is 5.45. The number of piperazine rings is 1. The molecule has 44 heavy (non-hydrogen) atoms. The van der Waals surface area contributed by atoms with Gasteiger partial charge in [0.15, 0.2) is 0 Å². The molecule has 1 aliphatic rings. The van der Waals surface area contributed by atoms with Gasteiger partial charge in [0.05, 0.1) is 50.2 Å². The minimum atomic E-state index is -4.74. The molecule has 226 valence electrons. The number of fused-ring (bicyclic) bond motifs is 2. The number of aromatic nitrogens is 4. The molecule has 0 N–H and O–H groups in total. The second-order valence-corrected chi connectivity index (χ2v) is 11.8. The number of halogens is 4. The Balaban J connectivity index is 1.38. The van der Waals surface area contributed by atoms with Gasteiger partial charge in [-0.05, 0) is 49.7 Å². The Bertz CT molecular complexity index is 2000. The van der Waals surface area contributed by atoms with Crippen molar-refractivity contribution in [3.8, 4) is 23.1 Å². The Morgan fingerprint density at radius 1 is 1.11 bits per heavy atom. The molecule has 4 heterocycles. The summed E-state index contributed by atoms with van der Waals surface area (Å²) in [7, 11) is 1.88. The molecule has 0 atom stereocenters. The quantitative estimate of drug-likeness (QED) is 0.232. The average molecular weight is 640 g/mol. The van der Waals surface area contributed by atoms with E-state index < -0.39 is 17.3 Å². The number of aryl methyl sites for hydroxylation is 1. The Hall–Kier alpha value is -4.25. The number of ether oxygens (including phenoxy) is 1. The zero-order valence-electron chi connectivity index (χ0n) is 23.7. The van der Waals surface area contributed by atoms with Crippen LogP contribution >= 0.6 is 22.9 Å². The van der Waals surface area contributed by atoms with Crippen molar-refractivity contribution in [1.82, 2.24) is 24.4 Å². The van der Waals surface area contributed by atoms with Crippen molar-refractivity contribution in [3.63, 3.8) is 0 Å². The Morgan fingerprint density at radius 3 is 2.61 bits per heavy atom. The molecule has 0 bridgehead atoms. The lowest BCUT2D eigenvalue weighted by Gasteiger charge is -2.36. The number of hydrogen-bond donors (Lipinski definition) is 0. The van der Waals surface area contributed by atoms with Gasteiger partial charge >= 0.3 is 6.18 Å². The van der Waals surface area contributed by atoms with E-state index in [1.54, 1.807) is 18.2 Å². The van der Waals surface area contributed by atoms with Crippen LogP contribution in [0, 0.1) is 18.3 Å². The lowest BCUT2D eigenvalue weighted by molar-refractivity contribution is -0.137. The second-order valence-electron chi connectivity index (χ2n) is 10.4. The summed E-state index contributed by atoms with van der Waals surface area (Å²) in [5.41, 5.74) is -0.266. The van der Waals surface area contributed by atoms with Crippen LogP contribution in [0.1, 0.15) is 17.0 Å². The maximum Gasteiger partial charge on any atom is 0.418 e. The topological polar surface area (TPSA) is 100 Å². The number of rotatable bonds is 6. The summed E-state index contributed by atoms with van der Waals surface area (Å²) in [4.78, 5) is 30.5. The highest BCUT2D eigenvalue weighted by Gasteiger charge is 2.38. The molecule has 1 saturated heterocycles. The van der Waals surface area contributed by atoms with Crippen molar-refractivity contribution in [2.75, 3.05) is 44.7 Å². The number of benzene rings is 2. The fourth-order valence-electron chi connectivity index (χ4n) is 5.47. The van der Waals surface area contributed by atoms with Crippen LogP contribution < -0.4 is 15.2 Å². The third-order valence-corrected chi connectivity index (χ3v) is 8.81. The summed E-state index contributed by atoms with van der Waals surface area (Å²) < 4.78 is 51.2. The molecule has 1 aliphatic heterocycles. The van der Waals surface area contributed by atoms with Crippen molar-refractivity contribution in [1.29, 1.82) is 5.26 Å². The molecule has 0 saturated carbocycles. The van der Waals surface area contributed by atoms with Crippen molar-refractivity contribution in [2.24, 2.45) is 0 Å². The molecule has 9 nitrogen and oxygen atoms in total. The molecule has 6 rings (SSSR count). The fraction of sp³-hybridized carbons (Fsp3) is 0.300. The fourth-order valence-corrected chi connectivity index (χ4v) is 6.49. The molecule has 14 heteroatoms. The molecule has 0 radical (unpaired) electrons. The first-order valence-corrected chi connectivity index (χ1v) is 14.9. The smallest absolute Gasteiger partial charge is 0.418 e. The predicted octanol–water partition coefficient (Wildman–Crippen LogP) is 5.75. The standard InChI is InChI=1S/C30H25ClF3N7O2S/c1-17-38-23-14-21(30(32,33)34)27(40-8-6-39(2)7-9-40)20(15-35)25(23)29(42)41(17)10-11-43-24-4-3-18(31)13-19(24)26-28-22(5-12-44-28)36-16-37-26/h3-5,12-14,16H,6-11H2,1-2H3. The number of nitrogens with zero attached hydrogens (tertiary/aromatic N) is 7. The largest absolute Gasteiger partial charge is 0.491 e. The van der Waals surface area contributed by atoms with E-state index in [-0.39, 0.29) is 54.2 Å². The normalized spacial score (nSPS) is 14.3. The van der Waals surface area contributed by atoms with Crippen LogP contribution in [0.3, 0.4) is 0 Å². The van der Waals surface area contributed by atoms with Crippen LogP contribution in [0.4, 0.5) is 18.9 Å². The second kappa shape index (κ2) is 11.7. The molecule has 0 spiro atoms. The number of thiophene rings is 1. The minimum absolute atomic E-state index is 0.0229. The van der Waals surface area contributed by atoms with E-state index in [2.05, 4.69) is 15.0 Å². The van der Waals surface area contributed by atoms with Gasteiger partial charge in [0.25, 0.3) is 5.56 Å². The molecule has 5 aromatic rings. The van der Waals surface area contributed by atoms with Gasteiger partial charge < -0.3 is 14.5 Å². The van der Waals surface area contributed by atoms with Crippen molar-refractivity contribution in [3.05, 3.63) is 74.4 Å². The molecule has 0 amide bonds. The van der Waals surface area contributed by atoms with E-state index in [0.29, 0.717) is 35.1 Å². The van der Waals surface area contributed by atoms with Gasteiger partial charge in [-0.1, -0.05) is 11.6 Å². The van der Waals surface area contributed by atoms with E-state index in [0.717, 1.165) is 16.3 Å². The van der Waals surface area contributed by atoms with Gasteiger partial charge in [-0.2, -0.15) is 18.4 Å². The monoisotopic (exact) mass is 639 g/mol. The summed E-state index contributed by atoms with van der Waals surface area (Å²) in [5.74, 6) is 0.676. The molecular weight excluding hydrogens is 615 g/mol. The average Bonchev–Trinajstić information content (AvgIpc) is 3.48. The molecule has 0 aliphatic carbocycles. The molecule has 3 aromatic heterocycles. The van der Waals surface area contributed by atoms with Crippen LogP contribution in [0.25, 0.3) is 32.4 Å². The van der Waals surface area contributed by atoms with Gasteiger partial charge in [0.1, 0.15) is 30.6 Å². The van der Waals surface area contributed by atoms with E-state index in [1.807, 2.05) is 29.5 Å². The number of likely N-dealkylation sites (N-methyl/N-ethyl adjacent to an activating group) is 1. The molecular formula is C30H25ClF3N7O2S.